The minimum absolute atomic E-state index is 0.0627. The highest BCUT2D eigenvalue weighted by atomic mass is 15.1. The van der Waals surface area contributed by atoms with E-state index in [0.717, 1.165) is 32.7 Å². The number of nitrogens with zero attached hydrogens (tertiary/aromatic N) is 2. The molecule has 0 radical (unpaired) electrons. The van der Waals surface area contributed by atoms with Gasteiger partial charge in [-0.15, -0.1) is 0 Å². The Labute approximate surface area is 221 Å². The summed E-state index contributed by atoms with van der Waals surface area (Å²) in [6.45, 7) is -2.52. The molecule has 0 N–H and O–H groups in total. The second kappa shape index (κ2) is 8.21. The van der Waals surface area contributed by atoms with Crippen LogP contribution >= 0.6 is 0 Å². The van der Waals surface area contributed by atoms with Crippen molar-refractivity contribution in [2.45, 2.75) is 6.85 Å². The molecule has 0 saturated carbocycles. The lowest BCUT2D eigenvalue weighted by molar-refractivity contribution is 1.02. The molecule has 0 spiro atoms. The van der Waals surface area contributed by atoms with Crippen molar-refractivity contribution in [2.75, 3.05) is 0 Å². The number of rotatable bonds is 3. The third-order valence-electron chi connectivity index (χ3n) is 6.63. The molecule has 6 aromatic carbocycles. The molecule has 0 saturated heterocycles. The zero-order valence-corrected chi connectivity index (χ0v) is 19.1. The van der Waals surface area contributed by atoms with Crippen molar-refractivity contribution >= 4 is 32.6 Å². The van der Waals surface area contributed by atoms with Gasteiger partial charge >= 0.3 is 0 Å². The van der Waals surface area contributed by atoms with E-state index < -0.39 is 25.0 Å². The molecule has 36 heavy (non-hydrogen) atoms. The van der Waals surface area contributed by atoms with E-state index in [1.54, 1.807) is 16.7 Å². The molecule has 7 rings (SSSR count). The third-order valence-corrected chi connectivity index (χ3v) is 6.63. The summed E-state index contributed by atoms with van der Waals surface area (Å²) in [7, 11) is 0. The predicted octanol–water partition coefficient (Wildman–Crippen LogP) is 8.97. The van der Waals surface area contributed by atoms with E-state index in [4.69, 9.17) is 11.0 Å². The maximum Gasteiger partial charge on any atom is 0.111 e. The Bertz CT molecular complexity index is 2240. The van der Waals surface area contributed by atoms with Crippen LogP contribution in [0.2, 0.25) is 0 Å². The first-order valence-electron chi connectivity index (χ1n) is 15.7. The van der Waals surface area contributed by atoms with Crippen LogP contribution in [-0.4, -0.2) is 9.55 Å². The average Bonchev–Trinajstić information content (AvgIpc) is 3.42. The van der Waals surface area contributed by atoms with E-state index in [1.807, 2.05) is 84.9 Å². The van der Waals surface area contributed by atoms with Crippen LogP contribution in [0.1, 0.15) is 16.8 Å². The molecule has 1 aromatic heterocycles. The molecule has 0 fully saturated rings. The van der Waals surface area contributed by atoms with Gasteiger partial charge in [0.2, 0.25) is 0 Å². The molecule has 0 aliphatic rings. The van der Waals surface area contributed by atoms with Gasteiger partial charge < -0.3 is 0 Å². The van der Waals surface area contributed by atoms with E-state index in [0.29, 0.717) is 22.3 Å². The van der Waals surface area contributed by atoms with E-state index in [9.17, 15) is 0 Å². The van der Waals surface area contributed by atoms with Crippen LogP contribution in [0.25, 0.3) is 60.5 Å². The SMILES string of the molecule is [2H]c1c([2H])c([2H])c(-c2ccc3c(-n4c(C([2H])([2H])[2H])nc5ccccc54)c4ccccc4c(-c4ccccc4)c3c2)c([2H])c1[2H]. The highest BCUT2D eigenvalue weighted by Gasteiger charge is 2.20. The summed E-state index contributed by atoms with van der Waals surface area (Å²) in [4.78, 5) is 4.56. The molecule has 0 amide bonds. The second-order valence-corrected chi connectivity index (χ2v) is 8.66. The summed E-state index contributed by atoms with van der Waals surface area (Å²) in [5, 5.41) is 3.16. The minimum Gasteiger partial charge on any atom is -0.295 e. The highest BCUT2D eigenvalue weighted by molar-refractivity contribution is 6.19. The van der Waals surface area contributed by atoms with Crippen molar-refractivity contribution < 1.29 is 11.0 Å². The maximum atomic E-state index is 8.63. The number of aromatic nitrogens is 2. The Kier molecular flexibility index (Phi) is 3.20. The van der Waals surface area contributed by atoms with Crippen molar-refractivity contribution in [3.05, 3.63) is 133 Å². The second-order valence-electron chi connectivity index (χ2n) is 8.66. The summed E-state index contributed by atoms with van der Waals surface area (Å²) in [6, 6.07) is 28.5. The molecule has 0 aliphatic heterocycles. The van der Waals surface area contributed by atoms with Crippen LogP contribution in [0.5, 0.6) is 0 Å². The average molecular weight is 469 g/mol. The van der Waals surface area contributed by atoms with Gasteiger partial charge in [0.05, 0.1) is 23.6 Å². The molecule has 1 heterocycles. The standard InChI is InChI=1S/C34H24N2/c1-23-35-31-18-10-11-19-32(31)36(23)34-28-17-9-8-16-27(28)33(25-14-6-3-7-15-25)30-22-26(20-21-29(30)34)24-12-4-2-5-13-24/h2-22H,1H3/i1D3,2D,4D,5D,12D,13D. The van der Waals surface area contributed by atoms with Crippen molar-refractivity contribution in [3.8, 4) is 27.9 Å². The first-order chi connectivity index (χ1) is 21.1. The van der Waals surface area contributed by atoms with Gasteiger partial charge in [-0.2, -0.15) is 0 Å². The monoisotopic (exact) mass is 468 g/mol. The normalized spacial score (nSPS) is 15.0. The number of fused-ring (bicyclic) bond motifs is 3. The van der Waals surface area contributed by atoms with Crippen LogP contribution in [0.3, 0.4) is 0 Å². The zero-order valence-electron chi connectivity index (χ0n) is 27.1. The Hall–Kier alpha value is -4.69. The molecule has 2 nitrogen and oxygen atoms in total. The number of para-hydroxylation sites is 2. The predicted molar refractivity (Wildman–Crippen MR) is 152 cm³/mol. The molecule has 0 aliphatic carbocycles. The third kappa shape index (κ3) is 3.15. The lowest BCUT2D eigenvalue weighted by Gasteiger charge is -2.20. The van der Waals surface area contributed by atoms with Gasteiger partial charge in [0.25, 0.3) is 0 Å². The summed E-state index contributed by atoms with van der Waals surface area (Å²) >= 11 is 0. The highest BCUT2D eigenvalue weighted by Crippen LogP contribution is 2.43. The fraction of sp³-hybridized carbons (Fsp3) is 0.0294. The fourth-order valence-electron chi connectivity index (χ4n) is 5.11. The lowest BCUT2D eigenvalue weighted by Crippen LogP contribution is -2.01. The van der Waals surface area contributed by atoms with Gasteiger partial charge in [-0.05, 0) is 58.1 Å². The Balaban J connectivity index is 1.70. The maximum absolute atomic E-state index is 8.63. The molecule has 7 aromatic rings. The number of hydrogen-bond acceptors (Lipinski definition) is 1. The van der Waals surface area contributed by atoms with Crippen molar-refractivity contribution in [1.29, 1.82) is 0 Å². The zero-order chi connectivity index (χ0) is 30.9. The molecule has 170 valence electrons. The van der Waals surface area contributed by atoms with E-state index in [2.05, 4.69) is 4.98 Å². The van der Waals surface area contributed by atoms with Crippen LogP contribution in [0.4, 0.5) is 0 Å². The van der Waals surface area contributed by atoms with Crippen molar-refractivity contribution in [3.63, 3.8) is 0 Å². The summed E-state index contributed by atoms with van der Waals surface area (Å²) < 4.78 is 68.7. The van der Waals surface area contributed by atoms with Gasteiger partial charge in [-0.1, -0.05) is 109 Å². The summed E-state index contributed by atoms with van der Waals surface area (Å²) in [6.07, 6.45) is 0. The van der Waals surface area contributed by atoms with Gasteiger partial charge in [-0.3, -0.25) is 4.57 Å². The lowest BCUT2D eigenvalue weighted by atomic mass is 9.88. The smallest absolute Gasteiger partial charge is 0.111 e. The Morgan fingerprint density at radius 3 is 2.19 bits per heavy atom. The van der Waals surface area contributed by atoms with E-state index >= 15 is 0 Å². The summed E-state index contributed by atoms with van der Waals surface area (Å²) in [5.74, 6) is -0.0627. The van der Waals surface area contributed by atoms with Gasteiger partial charge in [0.1, 0.15) is 5.82 Å². The number of aryl methyl sites for hydroxylation is 1. The van der Waals surface area contributed by atoms with Crippen LogP contribution in [0.15, 0.2) is 127 Å². The molecule has 0 bridgehead atoms. The van der Waals surface area contributed by atoms with Crippen molar-refractivity contribution in [2.24, 2.45) is 0 Å². The molecule has 0 unspecified atom stereocenters. The van der Waals surface area contributed by atoms with Crippen LogP contribution in [-0.2, 0) is 0 Å². The molecule has 2 heteroatoms. The van der Waals surface area contributed by atoms with E-state index in [-0.39, 0.29) is 23.5 Å². The number of benzene rings is 6. The number of imidazole rings is 1. The Morgan fingerprint density at radius 1 is 0.639 bits per heavy atom. The first-order valence-corrected chi connectivity index (χ1v) is 11.7. The number of hydrogen-bond donors (Lipinski definition) is 0. The van der Waals surface area contributed by atoms with Gasteiger partial charge in [0.15, 0.2) is 0 Å². The van der Waals surface area contributed by atoms with Gasteiger partial charge in [0, 0.05) is 14.9 Å². The Morgan fingerprint density at radius 2 is 1.36 bits per heavy atom. The topological polar surface area (TPSA) is 17.8 Å². The first kappa shape index (κ1) is 14.0. The van der Waals surface area contributed by atoms with Gasteiger partial charge in [-0.25, -0.2) is 4.98 Å². The molecular weight excluding hydrogens is 436 g/mol. The van der Waals surface area contributed by atoms with Crippen LogP contribution in [0, 0.1) is 6.85 Å². The molecular formula is C34H24N2. The van der Waals surface area contributed by atoms with E-state index in [1.165, 1.54) is 0 Å². The van der Waals surface area contributed by atoms with Crippen LogP contribution < -0.4 is 0 Å². The summed E-state index contributed by atoms with van der Waals surface area (Å²) in [5.41, 5.74) is 4.20. The quantitative estimate of drug-likeness (QED) is 0.237. The van der Waals surface area contributed by atoms with Crippen molar-refractivity contribution in [1.82, 2.24) is 9.55 Å². The largest absolute Gasteiger partial charge is 0.295 e. The minimum atomic E-state index is -2.52. The molecule has 0 atom stereocenters. The fourth-order valence-corrected chi connectivity index (χ4v) is 5.11.